The number of aliphatic hydroxyl groups excluding tert-OH is 1. The maximum Gasteiger partial charge on any atom is 0.256 e. The van der Waals surface area contributed by atoms with Gasteiger partial charge in [-0.25, -0.2) is 0 Å². The van der Waals surface area contributed by atoms with E-state index in [0.717, 1.165) is 30.2 Å². The third-order valence-electron chi connectivity index (χ3n) is 3.45. The van der Waals surface area contributed by atoms with E-state index in [9.17, 15) is 4.79 Å². The van der Waals surface area contributed by atoms with E-state index < -0.39 is 0 Å². The van der Waals surface area contributed by atoms with Gasteiger partial charge in [0.15, 0.2) is 0 Å². The molecule has 4 nitrogen and oxygen atoms in total. The molecule has 0 bridgehead atoms. The minimum absolute atomic E-state index is 0.0599. The first-order valence-electron chi connectivity index (χ1n) is 7.06. The molecule has 0 atom stereocenters. The van der Waals surface area contributed by atoms with Crippen LogP contribution in [0.25, 0.3) is 11.6 Å². The molecule has 7 heteroatoms. The molecule has 0 unspecified atom stereocenters. The Bertz CT molecular complexity index is 826. The van der Waals surface area contributed by atoms with Gasteiger partial charge in [0.05, 0.1) is 26.8 Å². The lowest BCUT2D eigenvalue weighted by Crippen LogP contribution is -2.04. The molecule has 0 spiro atoms. The van der Waals surface area contributed by atoms with E-state index in [0.29, 0.717) is 11.3 Å². The standard InChI is InChI=1S/C17H12Br3NO3/c18-11-2-1-3-14-15(11)10(17(23)21-14)6-9-7-12(19)16(13(20)8-9)24-5-4-22/h1-3,6-8,22H,4-5H2,(H,21,23). The summed E-state index contributed by atoms with van der Waals surface area (Å²) in [5.41, 5.74) is 3.09. The summed E-state index contributed by atoms with van der Waals surface area (Å²) < 4.78 is 7.83. The fourth-order valence-corrected chi connectivity index (χ4v) is 4.49. The second kappa shape index (κ2) is 7.39. The van der Waals surface area contributed by atoms with Gasteiger partial charge in [-0.2, -0.15) is 0 Å². The topological polar surface area (TPSA) is 58.6 Å². The van der Waals surface area contributed by atoms with Crippen molar-refractivity contribution in [3.63, 3.8) is 0 Å². The van der Waals surface area contributed by atoms with Crippen LogP contribution in [0.4, 0.5) is 5.69 Å². The quantitative estimate of drug-likeness (QED) is 0.571. The number of nitrogens with one attached hydrogen (secondary N) is 1. The highest BCUT2D eigenvalue weighted by molar-refractivity contribution is 9.11. The third-order valence-corrected chi connectivity index (χ3v) is 5.28. The predicted molar refractivity (Wildman–Crippen MR) is 105 cm³/mol. The van der Waals surface area contributed by atoms with E-state index >= 15 is 0 Å². The van der Waals surface area contributed by atoms with Crippen molar-refractivity contribution >= 4 is 71.0 Å². The van der Waals surface area contributed by atoms with Crippen molar-refractivity contribution in [3.8, 4) is 5.75 Å². The molecule has 3 rings (SSSR count). The molecule has 0 aromatic heterocycles. The number of amides is 1. The minimum Gasteiger partial charge on any atom is -0.489 e. The minimum atomic E-state index is -0.134. The summed E-state index contributed by atoms with van der Waals surface area (Å²) in [6.07, 6.45) is 1.83. The molecule has 2 aromatic carbocycles. The lowest BCUT2D eigenvalue weighted by molar-refractivity contribution is -0.110. The molecule has 1 aliphatic heterocycles. The Morgan fingerprint density at radius 2 is 1.83 bits per heavy atom. The number of rotatable bonds is 4. The summed E-state index contributed by atoms with van der Waals surface area (Å²) in [6.45, 7) is 0.149. The average Bonchev–Trinajstić information content (AvgIpc) is 2.84. The second-order valence-corrected chi connectivity index (χ2v) is 7.62. The van der Waals surface area contributed by atoms with Crippen molar-refractivity contribution in [1.29, 1.82) is 0 Å². The normalized spacial score (nSPS) is 14.7. The van der Waals surface area contributed by atoms with Crippen LogP contribution >= 0.6 is 47.8 Å². The van der Waals surface area contributed by atoms with Gasteiger partial charge in [-0.05, 0) is 67.8 Å². The number of hydrogen-bond donors (Lipinski definition) is 2. The Labute approximate surface area is 164 Å². The van der Waals surface area contributed by atoms with Crippen molar-refractivity contribution in [3.05, 3.63) is 54.9 Å². The Balaban J connectivity index is 2.03. The van der Waals surface area contributed by atoms with Crippen molar-refractivity contribution in [2.45, 2.75) is 0 Å². The van der Waals surface area contributed by atoms with E-state index in [1.807, 2.05) is 36.4 Å². The molecular formula is C17H12Br3NO3. The van der Waals surface area contributed by atoms with Crippen molar-refractivity contribution < 1.29 is 14.6 Å². The second-order valence-electron chi connectivity index (χ2n) is 5.06. The van der Waals surface area contributed by atoms with E-state index in [4.69, 9.17) is 9.84 Å². The zero-order valence-electron chi connectivity index (χ0n) is 12.3. The fraction of sp³-hybridized carbons (Fsp3) is 0.118. The fourth-order valence-electron chi connectivity index (χ4n) is 2.46. The van der Waals surface area contributed by atoms with Gasteiger partial charge in [-0.15, -0.1) is 0 Å². The van der Waals surface area contributed by atoms with Gasteiger partial charge in [0, 0.05) is 10.0 Å². The smallest absolute Gasteiger partial charge is 0.256 e. The molecule has 0 fully saturated rings. The highest BCUT2D eigenvalue weighted by atomic mass is 79.9. The zero-order chi connectivity index (χ0) is 17.3. The Morgan fingerprint density at radius 1 is 1.12 bits per heavy atom. The molecule has 2 aromatic rings. The summed E-state index contributed by atoms with van der Waals surface area (Å²) in [5.74, 6) is 0.480. The van der Waals surface area contributed by atoms with Crippen molar-refractivity contribution in [1.82, 2.24) is 0 Å². The highest BCUT2D eigenvalue weighted by Crippen LogP contribution is 2.40. The Morgan fingerprint density at radius 3 is 2.50 bits per heavy atom. The van der Waals surface area contributed by atoms with Crippen LogP contribution in [0.5, 0.6) is 5.75 Å². The van der Waals surface area contributed by atoms with Crippen LogP contribution in [0, 0.1) is 0 Å². The third kappa shape index (κ3) is 3.44. The molecule has 0 radical (unpaired) electrons. The first kappa shape index (κ1) is 17.7. The van der Waals surface area contributed by atoms with Gasteiger partial charge >= 0.3 is 0 Å². The maximum atomic E-state index is 12.3. The molecule has 2 N–H and O–H groups in total. The summed E-state index contributed by atoms with van der Waals surface area (Å²) >= 11 is 10.4. The lowest BCUT2D eigenvalue weighted by Gasteiger charge is -2.10. The number of aliphatic hydroxyl groups is 1. The van der Waals surface area contributed by atoms with Crippen LogP contribution in [0.2, 0.25) is 0 Å². The van der Waals surface area contributed by atoms with Gasteiger partial charge in [0.1, 0.15) is 12.4 Å². The van der Waals surface area contributed by atoms with Crippen LogP contribution < -0.4 is 10.1 Å². The van der Waals surface area contributed by atoms with Crippen LogP contribution in [0.3, 0.4) is 0 Å². The molecular weight excluding hydrogens is 506 g/mol. The van der Waals surface area contributed by atoms with Crippen LogP contribution in [-0.4, -0.2) is 24.2 Å². The highest BCUT2D eigenvalue weighted by Gasteiger charge is 2.26. The molecule has 1 heterocycles. The first-order valence-corrected chi connectivity index (χ1v) is 9.44. The average molecular weight is 518 g/mol. The number of benzene rings is 2. The van der Waals surface area contributed by atoms with E-state index in [1.54, 1.807) is 0 Å². The maximum absolute atomic E-state index is 12.3. The van der Waals surface area contributed by atoms with Gasteiger partial charge < -0.3 is 15.2 Å². The lowest BCUT2D eigenvalue weighted by atomic mass is 10.0. The molecule has 124 valence electrons. The SMILES string of the molecule is O=C1Nc2cccc(Br)c2C1=Cc1cc(Br)c(OCCO)c(Br)c1. The van der Waals surface area contributed by atoms with Gasteiger partial charge in [0.2, 0.25) is 0 Å². The number of anilines is 1. The molecule has 0 saturated carbocycles. The number of halogens is 3. The Hall–Kier alpha value is -1.15. The zero-order valence-corrected chi connectivity index (χ0v) is 17.0. The summed E-state index contributed by atoms with van der Waals surface area (Å²) in [7, 11) is 0. The van der Waals surface area contributed by atoms with Crippen LogP contribution in [0.15, 0.2) is 43.7 Å². The number of hydrogen-bond acceptors (Lipinski definition) is 3. The Kier molecular flexibility index (Phi) is 5.44. The summed E-state index contributed by atoms with van der Waals surface area (Å²) in [5, 5.41) is 11.8. The molecule has 0 aliphatic carbocycles. The van der Waals surface area contributed by atoms with E-state index in [-0.39, 0.29) is 19.1 Å². The largest absolute Gasteiger partial charge is 0.489 e. The summed E-state index contributed by atoms with van der Waals surface area (Å²) in [6, 6.07) is 9.40. The molecule has 0 saturated heterocycles. The van der Waals surface area contributed by atoms with Gasteiger partial charge in [-0.1, -0.05) is 22.0 Å². The summed E-state index contributed by atoms with van der Waals surface area (Å²) in [4.78, 5) is 12.3. The van der Waals surface area contributed by atoms with E-state index in [1.165, 1.54) is 0 Å². The van der Waals surface area contributed by atoms with Gasteiger partial charge in [-0.3, -0.25) is 4.79 Å². The van der Waals surface area contributed by atoms with Crippen LogP contribution in [0.1, 0.15) is 11.1 Å². The number of carbonyl (C=O) groups is 1. The number of fused-ring (bicyclic) bond motifs is 1. The molecule has 1 amide bonds. The first-order chi connectivity index (χ1) is 11.5. The van der Waals surface area contributed by atoms with Crippen LogP contribution in [-0.2, 0) is 4.79 Å². The predicted octanol–water partition coefficient (Wildman–Crippen LogP) is 4.84. The number of ether oxygens (including phenoxy) is 1. The molecule has 24 heavy (non-hydrogen) atoms. The van der Waals surface area contributed by atoms with Crippen molar-refractivity contribution in [2.24, 2.45) is 0 Å². The van der Waals surface area contributed by atoms with Gasteiger partial charge in [0.25, 0.3) is 5.91 Å². The van der Waals surface area contributed by atoms with E-state index in [2.05, 4.69) is 53.1 Å². The monoisotopic (exact) mass is 515 g/mol. The molecule has 1 aliphatic rings. The van der Waals surface area contributed by atoms with Crippen molar-refractivity contribution in [2.75, 3.05) is 18.5 Å². The number of carbonyl (C=O) groups excluding carboxylic acids is 1.